The molecule has 1 aromatic heterocycles. The van der Waals surface area contributed by atoms with Crippen LogP contribution in [0.2, 0.25) is 0 Å². The van der Waals surface area contributed by atoms with Crippen molar-refractivity contribution in [3.63, 3.8) is 0 Å². The molecule has 0 saturated carbocycles. The highest BCUT2D eigenvalue weighted by Gasteiger charge is 2.20. The van der Waals surface area contributed by atoms with Gasteiger partial charge in [0.15, 0.2) is 11.6 Å². The van der Waals surface area contributed by atoms with Crippen molar-refractivity contribution in [3.8, 4) is 0 Å². The number of amides is 1. The Hall–Kier alpha value is -2.04. The molecule has 0 atom stereocenters. The Morgan fingerprint density at radius 1 is 1.21 bits per heavy atom. The Labute approximate surface area is 108 Å². The molecule has 98 valence electrons. The molecule has 0 N–H and O–H groups in total. The Kier molecular flexibility index (Phi) is 2.89. The van der Waals surface area contributed by atoms with Gasteiger partial charge in [0.05, 0.1) is 5.56 Å². The Morgan fingerprint density at radius 3 is 2.68 bits per heavy atom. The number of carbonyl (C=O) groups excluding carboxylic acids is 1. The fraction of sp³-hybridized carbons (Fsp3) is 0.286. The van der Waals surface area contributed by atoms with Gasteiger partial charge in [-0.1, -0.05) is 0 Å². The van der Waals surface area contributed by atoms with Crippen molar-refractivity contribution in [1.82, 2.24) is 9.88 Å². The third-order valence-electron chi connectivity index (χ3n) is 3.38. The molecule has 0 bridgehead atoms. The molecule has 0 aliphatic carbocycles. The van der Waals surface area contributed by atoms with Crippen molar-refractivity contribution in [3.05, 3.63) is 41.6 Å². The molecule has 3 nitrogen and oxygen atoms in total. The third kappa shape index (κ3) is 2.05. The van der Waals surface area contributed by atoms with E-state index in [9.17, 15) is 13.6 Å². The lowest BCUT2D eigenvalue weighted by Crippen LogP contribution is -2.27. The number of benzene rings is 1. The van der Waals surface area contributed by atoms with E-state index in [4.69, 9.17) is 0 Å². The maximum Gasteiger partial charge on any atom is 0.255 e. The first-order valence-corrected chi connectivity index (χ1v) is 6.20. The van der Waals surface area contributed by atoms with Gasteiger partial charge < -0.3 is 4.90 Å². The molecule has 19 heavy (non-hydrogen) atoms. The highest BCUT2D eigenvalue weighted by molar-refractivity contribution is 5.97. The van der Waals surface area contributed by atoms with Crippen LogP contribution in [0, 0.1) is 11.6 Å². The van der Waals surface area contributed by atoms with Crippen LogP contribution >= 0.6 is 0 Å². The number of halogens is 2. The Balaban J connectivity index is 2.02. The van der Waals surface area contributed by atoms with Crippen molar-refractivity contribution in [1.29, 1.82) is 0 Å². The number of aromatic nitrogens is 1. The van der Waals surface area contributed by atoms with Crippen LogP contribution in [0.5, 0.6) is 0 Å². The summed E-state index contributed by atoms with van der Waals surface area (Å²) in [6.07, 6.45) is 3.32. The fourth-order valence-corrected chi connectivity index (χ4v) is 2.36. The number of hydrogen-bond acceptors (Lipinski definition) is 2. The summed E-state index contributed by atoms with van der Waals surface area (Å²) in [6, 6.07) is 4.04. The van der Waals surface area contributed by atoms with E-state index in [0.29, 0.717) is 10.9 Å². The summed E-state index contributed by atoms with van der Waals surface area (Å²) in [5.41, 5.74) is 0.374. The topological polar surface area (TPSA) is 33.2 Å². The summed E-state index contributed by atoms with van der Waals surface area (Å²) >= 11 is 0. The maximum atomic E-state index is 13.5. The molecule has 1 fully saturated rings. The van der Waals surface area contributed by atoms with Crippen molar-refractivity contribution >= 4 is 16.8 Å². The van der Waals surface area contributed by atoms with Crippen LogP contribution in [0.15, 0.2) is 24.4 Å². The normalized spacial score (nSPS) is 15.2. The van der Waals surface area contributed by atoms with Gasteiger partial charge in [0.1, 0.15) is 5.52 Å². The second-order valence-corrected chi connectivity index (χ2v) is 4.66. The van der Waals surface area contributed by atoms with Crippen LogP contribution < -0.4 is 0 Å². The lowest BCUT2D eigenvalue weighted by molar-refractivity contribution is 0.0792. The highest BCUT2D eigenvalue weighted by atomic mass is 19.2. The van der Waals surface area contributed by atoms with Gasteiger partial charge in [-0.2, -0.15) is 0 Å². The summed E-state index contributed by atoms with van der Waals surface area (Å²) in [5.74, 6) is -2.01. The number of fused-ring (bicyclic) bond motifs is 1. The lowest BCUT2D eigenvalue weighted by Gasteiger charge is -2.15. The molecule has 3 rings (SSSR count). The molecule has 1 aliphatic heterocycles. The minimum atomic E-state index is -0.974. The van der Waals surface area contributed by atoms with E-state index in [-0.39, 0.29) is 11.4 Å². The first kappa shape index (κ1) is 12.0. The fourth-order valence-electron chi connectivity index (χ4n) is 2.36. The molecular formula is C14H12F2N2O. The second kappa shape index (κ2) is 4.57. The van der Waals surface area contributed by atoms with E-state index < -0.39 is 11.6 Å². The lowest BCUT2D eigenvalue weighted by atomic mass is 10.1. The Morgan fingerprint density at radius 2 is 1.95 bits per heavy atom. The molecule has 1 saturated heterocycles. The van der Waals surface area contributed by atoms with Crippen LogP contribution in [0.3, 0.4) is 0 Å². The average molecular weight is 262 g/mol. The molecule has 2 heterocycles. The minimum absolute atomic E-state index is 0.0435. The molecule has 0 spiro atoms. The zero-order valence-corrected chi connectivity index (χ0v) is 10.2. The van der Waals surface area contributed by atoms with Crippen molar-refractivity contribution in [2.24, 2.45) is 0 Å². The van der Waals surface area contributed by atoms with Gasteiger partial charge >= 0.3 is 0 Å². The zero-order chi connectivity index (χ0) is 13.4. The highest BCUT2D eigenvalue weighted by Crippen LogP contribution is 2.20. The summed E-state index contributed by atoms with van der Waals surface area (Å²) in [6.45, 7) is 1.49. The number of nitrogens with zero attached hydrogens (tertiary/aromatic N) is 2. The maximum absolute atomic E-state index is 13.5. The average Bonchev–Trinajstić information content (AvgIpc) is 2.96. The smallest absolute Gasteiger partial charge is 0.255 e. The minimum Gasteiger partial charge on any atom is -0.339 e. The summed E-state index contributed by atoms with van der Waals surface area (Å²) < 4.78 is 26.6. The number of rotatable bonds is 1. The monoisotopic (exact) mass is 262 g/mol. The van der Waals surface area contributed by atoms with Crippen LogP contribution in [-0.2, 0) is 0 Å². The largest absolute Gasteiger partial charge is 0.339 e. The van der Waals surface area contributed by atoms with E-state index in [1.165, 1.54) is 12.3 Å². The van der Waals surface area contributed by atoms with Gasteiger partial charge in [-0.25, -0.2) is 8.78 Å². The molecule has 0 unspecified atom stereocenters. The molecule has 2 aromatic rings. The van der Waals surface area contributed by atoms with Crippen molar-refractivity contribution < 1.29 is 13.6 Å². The molecule has 1 amide bonds. The third-order valence-corrected chi connectivity index (χ3v) is 3.38. The number of pyridine rings is 1. The van der Waals surface area contributed by atoms with E-state index in [2.05, 4.69) is 4.98 Å². The van der Waals surface area contributed by atoms with Crippen LogP contribution in [-0.4, -0.2) is 28.9 Å². The van der Waals surface area contributed by atoms with E-state index in [1.807, 2.05) is 0 Å². The second-order valence-electron chi connectivity index (χ2n) is 4.66. The van der Waals surface area contributed by atoms with Gasteiger partial charge in [0.2, 0.25) is 0 Å². The standard InChI is InChI=1S/C14H12F2N2O/c15-11-4-3-9-7-10(8-17-13(9)12(11)16)14(19)18-5-1-2-6-18/h3-4,7-8H,1-2,5-6H2. The SMILES string of the molecule is O=C(c1cnc2c(F)c(F)ccc2c1)N1CCCC1. The number of carbonyl (C=O) groups is 1. The quantitative estimate of drug-likeness (QED) is 0.791. The van der Waals surface area contributed by atoms with Crippen molar-refractivity contribution in [2.45, 2.75) is 12.8 Å². The first-order valence-electron chi connectivity index (χ1n) is 6.20. The number of hydrogen-bond donors (Lipinski definition) is 0. The predicted octanol–water partition coefficient (Wildman–Crippen LogP) is 2.75. The molecular weight excluding hydrogens is 250 g/mol. The van der Waals surface area contributed by atoms with Gasteiger partial charge in [0.25, 0.3) is 5.91 Å². The van der Waals surface area contributed by atoms with Crippen LogP contribution in [0.25, 0.3) is 10.9 Å². The molecule has 5 heteroatoms. The summed E-state index contributed by atoms with van der Waals surface area (Å²) in [4.78, 5) is 17.8. The van der Waals surface area contributed by atoms with Crippen LogP contribution in [0.4, 0.5) is 8.78 Å². The predicted molar refractivity (Wildman–Crippen MR) is 66.8 cm³/mol. The van der Waals surface area contributed by atoms with Gasteiger partial charge in [0, 0.05) is 24.7 Å². The van der Waals surface area contributed by atoms with E-state index in [1.54, 1.807) is 11.0 Å². The Bertz CT molecular complexity index is 651. The first-order chi connectivity index (χ1) is 9.16. The van der Waals surface area contributed by atoms with Crippen molar-refractivity contribution in [2.75, 3.05) is 13.1 Å². The molecule has 0 radical (unpaired) electrons. The van der Waals surface area contributed by atoms with Gasteiger partial charge in [-0.3, -0.25) is 9.78 Å². The summed E-state index contributed by atoms with van der Waals surface area (Å²) in [7, 11) is 0. The van der Waals surface area contributed by atoms with E-state index >= 15 is 0 Å². The summed E-state index contributed by atoms with van der Waals surface area (Å²) in [5, 5.41) is 0.434. The van der Waals surface area contributed by atoms with E-state index in [0.717, 1.165) is 32.0 Å². The number of likely N-dealkylation sites (tertiary alicyclic amines) is 1. The van der Waals surface area contributed by atoms with Gasteiger partial charge in [-0.05, 0) is 31.0 Å². The van der Waals surface area contributed by atoms with Crippen LogP contribution in [0.1, 0.15) is 23.2 Å². The molecule has 1 aliphatic rings. The molecule has 1 aromatic carbocycles. The zero-order valence-electron chi connectivity index (χ0n) is 10.2. The van der Waals surface area contributed by atoms with Gasteiger partial charge in [-0.15, -0.1) is 0 Å².